The summed E-state index contributed by atoms with van der Waals surface area (Å²) in [5.74, 6) is -0.764. The number of quaternary nitrogens is 1. The van der Waals surface area contributed by atoms with E-state index in [-0.39, 0.29) is 25.6 Å². The molecule has 2 atom stereocenters. The smallest absolute Gasteiger partial charge is 0.462 e. The van der Waals surface area contributed by atoms with Crippen LogP contribution in [0.1, 0.15) is 450 Å². The Hall–Kier alpha value is -0.990. The highest BCUT2D eigenvalue weighted by atomic mass is 31.2. The minimum absolute atomic E-state index is 0.0379. The first kappa shape index (κ1) is 89.0. The summed E-state index contributed by atoms with van der Waals surface area (Å²) in [6.45, 7) is 4.55. The molecule has 0 bridgehead atoms. The fourth-order valence-electron chi connectivity index (χ4n) is 12.9. The standard InChI is InChI=1S/C80H160NO8P/c1-6-8-10-12-14-16-18-20-22-24-26-28-30-32-34-36-38-39-40-41-43-45-47-49-51-53-55-57-59-61-63-65-67-69-71-73-80(83)89-78(77-88-90(84,85)87-75-74-81(3,4)5)76-86-79(82)72-70-68-66-64-62-60-58-56-54-52-50-48-46-44-42-37-35-33-31-29-27-25-23-21-19-17-15-13-11-9-7-2/h78H,6-77H2,1-5H3/p+1. The van der Waals surface area contributed by atoms with Crippen molar-refractivity contribution >= 4 is 19.8 Å². The predicted molar refractivity (Wildman–Crippen MR) is 391 cm³/mol. The van der Waals surface area contributed by atoms with Crippen molar-refractivity contribution in [3.63, 3.8) is 0 Å². The fourth-order valence-corrected chi connectivity index (χ4v) is 13.7. The molecule has 0 amide bonds. The second-order valence-corrected chi connectivity index (χ2v) is 31.0. The third-order valence-electron chi connectivity index (χ3n) is 19.1. The highest BCUT2D eigenvalue weighted by Crippen LogP contribution is 2.43. The summed E-state index contributed by atoms with van der Waals surface area (Å²) in [6.07, 6.45) is 89.8. The molecule has 0 rings (SSSR count). The Balaban J connectivity index is 3.87. The minimum atomic E-state index is -4.39. The second-order valence-electron chi connectivity index (χ2n) is 29.5. The van der Waals surface area contributed by atoms with Crippen molar-refractivity contribution in [3.8, 4) is 0 Å². The molecule has 1 N–H and O–H groups in total. The van der Waals surface area contributed by atoms with E-state index in [1.165, 1.54) is 385 Å². The van der Waals surface area contributed by atoms with Gasteiger partial charge in [0.1, 0.15) is 19.8 Å². The summed E-state index contributed by atoms with van der Waals surface area (Å²) in [6, 6.07) is 0. The highest BCUT2D eigenvalue weighted by Gasteiger charge is 2.27. The summed E-state index contributed by atoms with van der Waals surface area (Å²) in [4.78, 5) is 36.0. The van der Waals surface area contributed by atoms with E-state index in [4.69, 9.17) is 18.5 Å². The third kappa shape index (κ3) is 76.0. The van der Waals surface area contributed by atoms with E-state index in [0.717, 1.165) is 38.5 Å². The molecule has 0 aromatic rings. The lowest BCUT2D eigenvalue weighted by atomic mass is 10.0. The molecule has 0 saturated heterocycles. The van der Waals surface area contributed by atoms with Crippen molar-refractivity contribution in [1.29, 1.82) is 0 Å². The van der Waals surface area contributed by atoms with Crippen LogP contribution in [0.5, 0.6) is 0 Å². The summed E-state index contributed by atoms with van der Waals surface area (Å²) in [7, 11) is 1.51. The van der Waals surface area contributed by atoms with Crippen LogP contribution in [0.15, 0.2) is 0 Å². The quantitative estimate of drug-likeness (QED) is 0.0278. The van der Waals surface area contributed by atoms with Crippen LogP contribution in [-0.4, -0.2) is 74.9 Å². The Kier molecular flexibility index (Phi) is 71.5. The predicted octanol–water partition coefficient (Wildman–Crippen LogP) is 26.8. The maximum Gasteiger partial charge on any atom is 0.472 e. The average molecular weight is 1300 g/mol. The van der Waals surface area contributed by atoms with Crippen molar-refractivity contribution in [2.45, 2.75) is 457 Å². The molecule has 10 heteroatoms. The van der Waals surface area contributed by atoms with Crippen molar-refractivity contribution < 1.29 is 42.1 Å². The number of phosphoric acid groups is 1. The Morgan fingerprint density at radius 1 is 0.300 bits per heavy atom. The van der Waals surface area contributed by atoms with Gasteiger partial charge in [0.25, 0.3) is 0 Å². The molecule has 0 spiro atoms. The van der Waals surface area contributed by atoms with E-state index in [1.807, 2.05) is 21.1 Å². The molecular formula is C80H161NO8P+. The molecular weight excluding hydrogens is 1130 g/mol. The van der Waals surface area contributed by atoms with Gasteiger partial charge in [-0.1, -0.05) is 425 Å². The fraction of sp³-hybridized carbons (Fsp3) is 0.975. The molecule has 0 fully saturated rings. The van der Waals surface area contributed by atoms with Crippen LogP contribution < -0.4 is 0 Å². The van der Waals surface area contributed by atoms with Crippen LogP contribution in [0.3, 0.4) is 0 Å². The highest BCUT2D eigenvalue weighted by molar-refractivity contribution is 7.47. The number of ether oxygens (including phenoxy) is 2. The van der Waals surface area contributed by atoms with Crippen LogP contribution >= 0.6 is 7.82 Å². The first-order valence-corrected chi connectivity index (χ1v) is 42.3. The molecule has 0 aromatic carbocycles. The van der Waals surface area contributed by atoms with Crippen LogP contribution in [0, 0.1) is 0 Å². The van der Waals surface area contributed by atoms with E-state index in [2.05, 4.69) is 13.8 Å². The third-order valence-corrected chi connectivity index (χ3v) is 20.1. The number of esters is 2. The topological polar surface area (TPSA) is 108 Å². The Bertz CT molecular complexity index is 1470. The van der Waals surface area contributed by atoms with Crippen LogP contribution in [0.2, 0.25) is 0 Å². The van der Waals surface area contributed by atoms with Crippen molar-refractivity contribution in [2.24, 2.45) is 0 Å². The number of likely N-dealkylation sites (N-methyl/N-ethyl adjacent to an activating group) is 1. The molecule has 2 unspecified atom stereocenters. The molecule has 0 aliphatic carbocycles. The summed E-state index contributed by atoms with van der Waals surface area (Å²) in [5, 5.41) is 0. The van der Waals surface area contributed by atoms with Gasteiger partial charge in [0.15, 0.2) is 6.10 Å². The number of hydrogen-bond donors (Lipinski definition) is 1. The van der Waals surface area contributed by atoms with Gasteiger partial charge in [-0.25, -0.2) is 4.57 Å². The number of hydrogen-bond acceptors (Lipinski definition) is 7. The van der Waals surface area contributed by atoms with Crippen LogP contribution in [-0.2, 0) is 32.7 Å². The molecule has 538 valence electrons. The SMILES string of the molecule is CCCCCCCCCCCCCCCCCCCCCCCCCCCCCCCCCCCCCC(=O)OC(COC(=O)CCCCCCCCCCCCCCCCCCCCCCCCCCCCCCCCC)COP(=O)(O)OCC[N+](C)(C)C. The van der Waals surface area contributed by atoms with Gasteiger partial charge in [-0.3, -0.25) is 18.6 Å². The van der Waals surface area contributed by atoms with Gasteiger partial charge in [-0.05, 0) is 12.8 Å². The lowest BCUT2D eigenvalue weighted by Gasteiger charge is -2.24. The van der Waals surface area contributed by atoms with E-state index in [1.54, 1.807) is 0 Å². The zero-order valence-electron chi connectivity index (χ0n) is 61.7. The summed E-state index contributed by atoms with van der Waals surface area (Å²) >= 11 is 0. The minimum Gasteiger partial charge on any atom is -0.462 e. The maximum absolute atomic E-state index is 12.9. The lowest BCUT2D eigenvalue weighted by molar-refractivity contribution is -0.870. The Labute approximate surface area is 563 Å². The van der Waals surface area contributed by atoms with E-state index < -0.39 is 26.5 Å². The number of carbonyl (C=O) groups excluding carboxylic acids is 2. The second kappa shape index (κ2) is 72.3. The van der Waals surface area contributed by atoms with Crippen LogP contribution in [0.25, 0.3) is 0 Å². The van der Waals surface area contributed by atoms with Gasteiger partial charge < -0.3 is 18.9 Å². The number of unbranched alkanes of at least 4 members (excludes halogenated alkanes) is 64. The Morgan fingerprint density at radius 3 is 0.711 bits per heavy atom. The molecule has 90 heavy (non-hydrogen) atoms. The van der Waals surface area contributed by atoms with E-state index in [0.29, 0.717) is 17.4 Å². The number of phosphoric ester groups is 1. The van der Waals surface area contributed by atoms with E-state index in [9.17, 15) is 19.0 Å². The molecule has 0 radical (unpaired) electrons. The van der Waals surface area contributed by atoms with Gasteiger partial charge >= 0.3 is 19.8 Å². The first-order chi connectivity index (χ1) is 44.0. The zero-order chi connectivity index (χ0) is 65.5. The molecule has 0 aromatic heterocycles. The van der Waals surface area contributed by atoms with Crippen LogP contribution in [0.4, 0.5) is 0 Å². The van der Waals surface area contributed by atoms with Gasteiger partial charge in [0.2, 0.25) is 0 Å². The zero-order valence-corrected chi connectivity index (χ0v) is 62.6. The Morgan fingerprint density at radius 2 is 0.500 bits per heavy atom. The van der Waals surface area contributed by atoms with Gasteiger partial charge in [-0.15, -0.1) is 0 Å². The molecule has 0 heterocycles. The molecule has 0 aliphatic rings. The number of carbonyl (C=O) groups is 2. The average Bonchev–Trinajstić information content (AvgIpc) is 3.61. The molecule has 0 saturated carbocycles. The van der Waals surface area contributed by atoms with Crippen molar-refractivity contribution in [2.75, 3.05) is 47.5 Å². The molecule has 9 nitrogen and oxygen atoms in total. The monoisotopic (exact) mass is 1300 g/mol. The lowest BCUT2D eigenvalue weighted by Crippen LogP contribution is -2.37. The van der Waals surface area contributed by atoms with Crippen molar-refractivity contribution in [3.05, 3.63) is 0 Å². The first-order valence-electron chi connectivity index (χ1n) is 40.8. The van der Waals surface area contributed by atoms with E-state index >= 15 is 0 Å². The maximum atomic E-state index is 12.9. The summed E-state index contributed by atoms with van der Waals surface area (Å²) < 4.78 is 34.8. The normalized spacial score (nSPS) is 12.9. The van der Waals surface area contributed by atoms with Gasteiger partial charge in [-0.2, -0.15) is 0 Å². The number of nitrogens with zero attached hydrogens (tertiary/aromatic N) is 1. The summed E-state index contributed by atoms with van der Waals surface area (Å²) in [5.41, 5.74) is 0. The van der Waals surface area contributed by atoms with Crippen molar-refractivity contribution in [1.82, 2.24) is 0 Å². The number of rotatable bonds is 78. The molecule has 0 aliphatic heterocycles. The van der Waals surface area contributed by atoms with Gasteiger partial charge in [0.05, 0.1) is 27.7 Å². The van der Waals surface area contributed by atoms with Gasteiger partial charge in [0, 0.05) is 12.8 Å². The largest absolute Gasteiger partial charge is 0.472 e.